The van der Waals surface area contributed by atoms with E-state index in [4.69, 9.17) is 0 Å². The van der Waals surface area contributed by atoms with Crippen molar-refractivity contribution >= 4 is 11.7 Å². The lowest BCUT2D eigenvalue weighted by molar-refractivity contribution is 0.238. The first-order valence-electron chi connectivity index (χ1n) is 12.1. The molecular formula is C27H42N4O. The maximum Gasteiger partial charge on any atom is 0.314 e. The predicted molar refractivity (Wildman–Crippen MR) is 135 cm³/mol. The monoisotopic (exact) mass is 438 g/mol. The van der Waals surface area contributed by atoms with Crippen LogP contribution in [0.4, 0.5) is 10.5 Å². The number of rotatable bonds is 8. The molecule has 1 heterocycles. The number of nitrogens with one attached hydrogen (secondary N) is 3. The van der Waals surface area contributed by atoms with Crippen molar-refractivity contribution < 1.29 is 4.79 Å². The highest BCUT2D eigenvalue weighted by Crippen LogP contribution is 2.38. The molecule has 2 amide bonds. The largest absolute Gasteiger partial charge is 0.381 e. The van der Waals surface area contributed by atoms with Gasteiger partial charge in [-0.3, -0.25) is 0 Å². The summed E-state index contributed by atoms with van der Waals surface area (Å²) in [7, 11) is 4.02. The third-order valence-corrected chi connectivity index (χ3v) is 6.64. The molecule has 0 saturated carbocycles. The lowest BCUT2D eigenvalue weighted by Crippen LogP contribution is -2.42. The molecule has 0 bridgehead atoms. The molecule has 0 aromatic heterocycles. The molecule has 0 radical (unpaired) electrons. The third kappa shape index (κ3) is 6.86. The molecule has 0 saturated heterocycles. The zero-order valence-electron chi connectivity index (χ0n) is 20.6. The first-order chi connectivity index (χ1) is 15.2. The zero-order valence-corrected chi connectivity index (χ0v) is 20.6. The molecule has 1 aromatic rings. The van der Waals surface area contributed by atoms with Crippen LogP contribution in [0.25, 0.3) is 0 Å². The Morgan fingerprint density at radius 3 is 2.62 bits per heavy atom. The summed E-state index contributed by atoms with van der Waals surface area (Å²) in [5.41, 5.74) is 4.28. The highest BCUT2D eigenvalue weighted by atomic mass is 16.2. The van der Waals surface area contributed by atoms with Crippen molar-refractivity contribution in [3.8, 4) is 0 Å². The fraction of sp³-hybridized carbons (Fsp3) is 0.593. The van der Waals surface area contributed by atoms with E-state index in [0.29, 0.717) is 31.0 Å². The molecule has 2 aliphatic rings. The lowest BCUT2D eigenvalue weighted by Gasteiger charge is -2.39. The van der Waals surface area contributed by atoms with Crippen LogP contribution in [-0.2, 0) is 11.8 Å². The topological polar surface area (TPSA) is 56.4 Å². The molecular weight excluding hydrogens is 396 g/mol. The summed E-state index contributed by atoms with van der Waals surface area (Å²) in [4.78, 5) is 14.1. The van der Waals surface area contributed by atoms with E-state index in [-0.39, 0.29) is 11.4 Å². The number of likely N-dealkylation sites (N-methyl/N-ethyl adjacent to an activating group) is 1. The van der Waals surface area contributed by atoms with Crippen molar-refractivity contribution in [2.75, 3.05) is 39.0 Å². The summed E-state index contributed by atoms with van der Waals surface area (Å²) < 4.78 is 0. The Balaban J connectivity index is 1.61. The van der Waals surface area contributed by atoms with Gasteiger partial charge in [0.2, 0.25) is 0 Å². The van der Waals surface area contributed by atoms with E-state index in [1.165, 1.54) is 16.8 Å². The van der Waals surface area contributed by atoms with Crippen LogP contribution in [0, 0.1) is 11.8 Å². The fourth-order valence-corrected chi connectivity index (χ4v) is 4.70. The van der Waals surface area contributed by atoms with Gasteiger partial charge in [0.05, 0.1) is 0 Å². The Bertz CT molecular complexity index is 821. The minimum atomic E-state index is -0.0642. The number of hydrogen-bond donors (Lipinski definition) is 3. The fourth-order valence-electron chi connectivity index (χ4n) is 4.70. The maximum absolute atomic E-state index is 12.0. The van der Waals surface area contributed by atoms with Gasteiger partial charge < -0.3 is 20.9 Å². The molecule has 5 heteroatoms. The number of nitrogens with zero attached hydrogens (tertiary/aromatic N) is 1. The number of fused-ring (bicyclic) bond motifs is 1. The van der Waals surface area contributed by atoms with Crippen LogP contribution in [0.2, 0.25) is 0 Å². The Labute approximate surface area is 194 Å². The molecule has 3 rings (SSSR count). The van der Waals surface area contributed by atoms with Crippen molar-refractivity contribution in [1.29, 1.82) is 0 Å². The van der Waals surface area contributed by atoms with Crippen molar-refractivity contribution in [2.24, 2.45) is 11.8 Å². The van der Waals surface area contributed by atoms with E-state index in [2.05, 4.69) is 84.1 Å². The zero-order chi connectivity index (χ0) is 23.1. The number of carbonyl (C=O) groups is 1. The van der Waals surface area contributed by atoms with E-state index in [1.54, 1.807) is 0 Å². The van der Waals surface area contributed by atoms with Gasteiger partial charge in [0.25, 0.3) is 0 Å². The van der Waals surface area contributed by atoms with E-state index < -0.39 is 0 Å². The maximum atomic E-state index is 12.0. The number of allylic oxidation sites excluding steroid dienone is 3. The summed E-state index contributed by atoms with van der Waals surface area (Å²) >= 11 is 0. The standard InChI is InChI=1S/C27H42N4O/c1-27(2,3)23-13-14-24-22(19-23)18-21(25(30-24)20-10-7-6-8-11-20)12-9-15-28-26(32)29-16-17-31(4)5/h6-8,10,13-14,19-21,25,30H,9,11-12,15-18H2,1-5H3,(H2,28,29,32)/t20?,21-,25+/m1/s1. The number of anilines is 1. The van der Waals surface area contributed by atoms with Gasteiger partial charge in [-0.2, -0.15) is 0 Å². The van der Waals surface area contributed by atoms with Crippen molar-refractivity contribution in [3.63, 3.8) is 0 Å². The van der Waals surface area contributed by atoms with Gasteiger partial charge in [0, 0.05) is 37.3 Å². The number of urea groups is 1. The molecule has 5 nitrogen and oxygen atoms in total. The van der Waals surface area contributed by atoms with Gasteiger partial charge in [-0.15, -0.1) is 0 Å². The minimum absolute atomic E-state index is 0.0642. The average Bonchev–Trinajstić information content (AvgIpc) is 2.75. The number of amides is 2. The molecule has 0 fully saturated rings. The first-order valence-corrected chi connectivity index (χ1v) is 12.1. The van der Waals surface area contributed by atoms with Crippen LogP contribution in [0.5, 0.6) is 0 Å². The van der Waals surface area contributed by atoms with Gasteiger partial charge in [-0.05, 0) is 68.3 Å². The third-order valence-electron chi connectivity index (χ3n) is 6.64. The Kier molecular flexibility index (Phi) is 8.41. The molecule has 1 unspecified atom stereocenters. The highest BCUT2D eigenvalue weighted by molar-refractivity contribution is 5.73. The smallest absolute Gasteiger partial charge is 0.314 e. The highest BCUT2D eigenvalue weighted by Gasteiger charge is 2.33. The van der Waals surface area contributed by atoms with Gasteiger partial charge in [-0.1, -0.05) is 57.2 Å². The Morgan fingerprint density at radius 2 is 1.94 bits per heavy atom. The second kappa shape index (κ2) is 11.0. The SMILES string of the molecule is CN(C)CCNC(=O)NCCC[C@@H]1Cc2cc(C(C)(C)C)ccc2N[C@H]1C1C=CC=CC1. The Morgan fingerprint density at radius 1 is 1.16 bits per heavy atom. The summed E-state index contributed by atoms with van der Waals surface area (Å²) in [6, 6.07) is 7.32. The molecule has 0 spiro atoms. The van der Waals surface area contributed by atoms with Crippen LogP contribution < -0.4 is 16.0 Å². The number of hydrogen-bond acceptors (Lipinski definition) is 3. The van der Waals surface area contributed by atoms with Crippen LogP contribution in [0.15, 0.2) is 42.5 Å². The molecule has 1 aliphatic carbocycles. The minimum Gasteiger partial charge on any atom is -0.381 e. The van der Waals surface area contributed by atoms with Crippen molar-refractivity contribution in [2.45, 2.75) is 57.9 Å². The first kappa shape index (κ1) is 24.4. The molecule has 32 heavy (non-hydrogen) atoms. The van der Waals surface area contributed by atoms with E-state index in [0.717, 1.165) is 32.2 Å². The summed E-state index contributed by atoms with van der Waals surface area (Å²) in [5.74, 6) is 1.07. The quantitative estimate of drug-likeness (QED) is 0.515. The molecule has 3 atom stereocenters. The van der Waals surface area contributed by atoms with E-state index in [1.807, 2.05) is 14.1 Å². The van der Waals surface area contributed by atoms with Crippen LogP contribution in [-0.4, -0.2) is 50.7 Å². The van der Waals surface area contributed by atoms with E-state index >= 15 is 0 Å². The summed E-state index contributed by atoms with van der Waals surface area (Å²) in [6.07, 6.45) is 13.2. The second-order valence-electron chi connectivity index (χ2n) is 10.6. The van der Waals surface area contributed by atoms with Gasteiger partial charge in [0.15, 0.2) is 0 Å². The Hall–Kier alpha value is -2.27. The van der Waals surface area contributed by atoms with Crippen LogP contribution in [0.1, 0.15) is 51.2 Å². The number of benzene rings is 1. The average molecular weight is 439 g/mol. The second-order valence-corrected chi connectivity index (χ2v) is 10.6. The molecule has 176 valence electrons. The molecule has 1 aromatic carbocycles. The van der Waals surface area contributed by atoms with Gasteiger partial charge in [-0.25, -0.2) is 4.79 Å². The van der Waals surface area contributed by atoms with Crippen LogP contribution >= 0.6 is 0 Å². The van der Waals surface area contributed by atoms with Gasteiger partial charge in [0.1, 0.15) is 0 Å². The lowest BCUT2D eigenvalue weighted by atomic mass is 9.75. The predicted octanol–water partition coefficient (Wildman–Crippen LogP) is 4.71. The van der Waals surface area contributed by atoms with Crippen molar-refractivity contribution in [1.82, 2.24) is 15.5 Å². The molecule has 1 aliphatic heterocycles. The van der Waals surface area contributed by atoms with Crippen LogP contribution in [0.3, 0.4) is 0 Å². The van der Waals surface area contributed by atoms with Crippen molar-refractivity contribution in [3.05, 3.63) is 53.6 Å². The van der Waals surface area contributed by atoms with E-state index in [9.17, 15) is 4.79 Å². The summed E-state index contributed by atoms with van der Waals surface area (Å²) in [6.45, 7) is 9.06. The van der Waals surface area contributed by atoms with Gasteiger partial charge >= 0.3 is 6.03 Å². The summed E-state index contributed by atoms with van der Waals surface area (Å²) in [5, 5.41) is 9.84. The number of carbonyl (C=O) groups excluding carboxylic acids is 1. The molecule has 3 N–H and O–H groups in total. The normalized spacial score (nSPS) is 22.4.